The normalized spacial score (nSPS) is 11.3. The first-order chi connectivity index (χ1) is 9.84. The van der Waals surface area contributed by atoms with Crippen molar-refractivity contribution < 1.29 is 28.0 Å². The third-order valence-electron chi connectivity index (χ3n) is 2.91. The fourth-order valence-corrected chi connectivity index (χ4v) is 2.62. The van der Waals surface area contributed by atoms with Crippen LogP contribution in [0.2, 0.25) is 0 Å². The summed E-state index contributed by atoms with van der Waals surface area (Å²) in [6.45, 7) is -0.706. The molecule has 0 amide bonds. The molecule has 0 aliphatic heterocycles. The van der Waals surface area contributed by atoms with E-state index in [0.29, 0.717) is 0 Å². The van der Waals surface area contributed by atoms with Crippen molar-refractivity contribution in [1.29, 1.82) is 0 Å². The molecule has 0 radical (unpaired) electrons. The maximum Gasteiger partial charge on any atom is 0.294 e. The third kappa shape index (κ3) is 3.10. The van der Waals surface area contributed by atoms with E-state index in [1.165, 1.54) is 12.1 Å². The Labute approximate surface area is 121 Å². The van der Waals surface area contributed by atoms with Crippen LogP contribution < -0.4 is 0 Å². The molecular formula is C14H12O6S. The number of aliphatic hydroxyl groups is 1. The van der Waals surface area contributed by atoms with Crippen molar-refractivity contribution in [3.8, 4) is 5.75 Å². The number of rotatable bonds is 4. The van der Waals surface area contributed by atoms with Crippen LogP contribution in [0.25, 0.3) is 0 Å². The largest absolute Gasteiger partial charge is 0.507 e. The maximum atomic E-state index is 12.2. The Morgan fingerprint density at radius 1 is 1.10 bits per heavy atom. The second-order valence-corrected chi connectivity index (χ2v) is 5.70. The molecule has 0 heterocycles. The Bertz CT molecular complexity index is 781. The molecular weight excluding hydrogens is 296 g/mol. The lowest BCUT2D eigenvalue weighted by Gasteiger charge is -2.10. The Hall–Kier alpha value is -2.22. The van der Waals surface area contributed by atoms with E-state index in [9.17, 15) is 18.3 Å². The highest BCUT2D eigenvalue weighted by atomic mass is 32.2. The van der Waals surface area contributed by atoms with Gasteiger partial charge in [0.25, 0.3) is 10.1 Å². The average Bonchev–Trinajstić information content (AvgIpc) is 2.45. The van der Waals surface area contributed by atoms with Gasteiger partial charge in [-0.3, -0.25) is 9.35 Å². The van der Waals surface area contributed by atoms with Crippen LogP contribution in [-0.2, 0) is 16.7 Å². The van der Waals surface area contributed by atoms with Gasteiger partial charge in [-0.25, -0.2) is 0 Å². The lowest BCUT2D eigenvalue weighted by Crippen LogP contribution is -2.08. The van der Waals surface area contributed by atoms with E-state index in [0.717, 1.165) is 12.1 Å². The van der Waals surface area contributed by atoms with Crippen molar-refractivity contribution in [2.75, 3.05) is 0 Å². The standard InChI is InChI=1S/C14H12O6S/c15-8-10-6-12(16)11(7-13(10)21(18,19)20)14(17)9-4-2-1-3-5-9/h1-7,15-16H,8H2,(H,18,19,20). The molecule has 2 rings (SSSR count). The Kier molecular flexibility index (Phi) is 4.08. The summed E-state index contributed by atoms with van der Waals surface area (Å²) in [5, 5.41) is 18.9. The second-order valence-electron chi connectivity index (χ2n) is 4.31. The summed E-state index contributed by atoms with van der Waals surface area (Å²) in [5.41, 5.74) is -0.212. The minimum Gasteiger partial charge on any atom is -0.507 e. The number of aliphatic hydroxyl groups excluding tert-OH is 1. The fourth-order valence-electron chi connectivity index (χ4n) is 1.90. The molecule has 0 saturated heterocycles. The van der Waals surface area contributed by atoms with Gasteiger partial charge in [0.1, 0.15) is 10.6 Å². The predicted octanol–water partition coefficient (Wildman–Crippen LogP) is 1.36. The van der Waals surface area contributed by atoms with Gasteiger partial charge < -0.3 is 10.2 Å². The van der Waals surface area contributed by atoms with Gasteiger partial charge in [-0.1, -0.05) is 30.3 Å². The molecule has 3 N–H and O–H groups in total. The number of carbonyl (C=O) groups is 1. The van der Waals surface area contributed by atoms with E-state index in [-0.39, 0.29) is 16.7 Å². The van der Waals surface area contributed by atoms with Crippen LogP contribution in [0.4, 0.5) is 0 Å². The smallest absolute Gasteiger partial charge is 0.294 e. The van der Waals surface area contributed by atoms with E-state index in [4.69, 9.17) is 9.66 Å². The molecule has 0 atom stereocenters. The summed E-state index contributed by atoms with van der Waals surface area (Å²) in [7, 11) is -4.62. The first-order valence-electron chi connectivity index (χ1n) is 5.88. The summed E-state index contributed by atoms with van der Waals surface area (Å²) in [5.74, 6) is -1.07. The molecule has 0 saturated carbocycles. The van der Waals surface area contributed by atoms with Crippen molar-refractivity contribution >= 4 is 15.9 Å². The van der Waals surface area contributed by atoms with Crippen molar-refractivity contribution in [2.45, 2.75) is 11.5 Å². The van der Waals surface area contributed by atoms with Crippen LogP contribution in [0.5, 0.6) is 5.75 Å². The number of phenolic OH excluding ortho intramolecular Hbond substituents is 1. The Morgan fingerprint density at radius 2 is 1.71 bits per heavy atom. The summed E-state index contributed by atoms with van der Waals surface area (Å²) >= 11 is 0. The highest BCUT2D eigenvalue weighted by molar-refractivity contribution is 7.85. The minimum absolute atomic E-state index is 0.195. The van der Waals surface area contributed by atoms with Crippen LogP contribution >= 0.6 is 0 Å². The quantitative estimate of drug-likeness (QED) is 0.581. The molecule has 2 aromatic rings. The molecule has 0 spiro atoms. The minimum atomic E-state index is -4.62. The lowest BCUT2D eigenvalue weighted by atomic mass is 10.0. The fraction of sp³-hybridized carbons (Fsp3) is 0.0714. The molecule has 21 heavy (non-hydrogen) atoms. The first kappa shape index (κ1) is 15.2. The Morgan fingerprint density at radius 3 is 2.24 bits per heavy atom. The average molecular weight is 308 g/mol. The maximum absolute atomic E-state index is 12.2. The lowest BCUT2D eigenvalue weighted by molar-refractivity contribution is 0.103. The summed E-state index contributed by atoms with van der Waals surface area (Å²) in [4.78, 5) is 11.6. The molecule has 7 heteroatoms. The van der Waals surface area contributed by atoms with E-state index in [2.05, 4.69) is 0 Å². The molecule has 6 nitrogen and oxygen atoms in total. The van der Waals surface area contributed by atoms with Gasteiger partial charge in [0.15, 0.2) is 5.78 Å². The van der Waals surface area contributed by atoms with E-state index >= 15 is 0 Å². The van der Waals surface area contributed by atoms with Crippen molar-refractivity contribution in [3.63, 3.8) is 0 Å². The zero-order valence-electron chi connectivity index (χ0n) is 10.7. The van der Waals surface area contributed by atoms with Gasteiger partial charge in [-0.05, 0) is 12.1 Å². The molecule has 0 aliphatic carbocycles. The van der Waals surface area contributed by atoms with Gasteiger partial charge in [-0.15, -0.1) is 0 Å². The summed E-state index contributed by atoms with van der Waals surface area (Å²) in [6.07, 6.45) is 0. The number of hydrogen-bond donors (Lipinski definition) is 3. The van der Waals surface area contributed by atoms with Crippen LogP contribution in [0, 0.1) is 0 Å². The van der Waals surface area contributed by atoms with Crippen molar-refractivity contribution in [1.82, 2.24) is 0 Å². The van der Waals surface area contributed by atoms with E-state index < -0.39 is 33.2 Å². The van der Waals surface area contributed by atoms with Gasteiger partial charge in [0, 0.05) is 11.1 Å². The van der Waals surface area contributed by atoms with Gasteiger partial charge in [-0.2, -0.15) is 8.42 Å². The van der Waals surface area contributed by atoms with Gasteiger partial charge in [0.2, 0.25) is 0 Å². The van der Waals surface area contributed by atoms with Crippen molar-refractivity contribution in [2.24, 2.45) is 0 Å². The van der Waals surface area contributed by atoms with E-state index in [1.54, 1.807) is 18.2 Å². The number of hydrogen-bond acceptors (Lipinski definition) is 5. The SMILES string of the molecule is O=C(c1ccccc1)c1cc(S(=O)(=O)O)c(CO)cc1O. The number of carbonyl (C=O) groups excluding carboxylic acids is 1. The Balaban J connectivity index is 2.63. The highest BCUT2D eigenvalue weighted by Gasteiger charge is 2.22. The highest BCUT2D eigenvalue weighted by Crippen LogP contribution is 2.28. The number of ketones is 1. The number of aromatic hydroxyl groups is 1. The molecule has 0 fully saturated rings. The molecule has 0 aromatic heterocycles. The monoisotopic (exact) mass is 308 g/mol. The van der Waals surface area contributed by atoms with Gasteiger partial charge >= 0.3 is 0 Å². The zero-order chi connectivity index (χ0) is 15.6. The molecule has 0 bridgehead atoms. The summed E-state index contributed by atoms with van der Waals surface area (Å²) in [6, 6.07) is 9.76. The van der Waals surface area contributed by atoms with Gasteiger partial charge in [0.05, 0.1) is 12.2 Å². The predicted molar refractivity (Wildman–Crippen MR) is 73.7 cm³/mol. The van der Waals surface area contributed by atoms with Crippen LogP contribution in [0.1, 0.15) is 21.5 Å². The molecule has 0 aliphatic rings. The molecule has 2 aromatic carbocycles. The zero-order valence-corrected chi connectivity index (χ0v) is 11.5. The van der Waals surface area contributed by atoms with Crippen LogP contribution in [-0.4, -0.2) is 29.0 Å². The molecule has 0 unspecified atom stereocenters. The molecule has 110 valence electrons. The van der Waals surface area contributed by atoms with Crippen LogP contribution in [0.3, 0.4) is 0 Å². The second kappa shape index (κ2) is 5.65. The summed E-state index contributed by atoms with van der Waals surface area (Å²) < 4.78 is 31.7. The number of benzene rings is 2. The third-order valence-corrected chi connectivity index (χ3v) is 3.84. The number of phenols is 1. The first-order valence-corrected chi connectivity index (χ1v) is 7.32. The van der Waals surface area contributed by atoms with Crippen molar-refractivity contribution in [3.05, 3.63) is 59.2 Å². The van der Waals surface area contributed by atoms with Crippen LogP contribution in [0.15, 0.2) is 47.4 Å². The van der Waals surface area contributed by atoms with E-state index in [1.807, 2.05) is 0 Å². The topological polar surface area (TPSA) is 112 Å².